The summed E-state index contributed by atoms with van der Waals surface area (Å²) >= 11 is 0. The van der Waals surface area contributed by atoms with E-state index in [1.165, 1.54) is 25.7 Å². The highest BCUT2D eigenvalue weighted by molar-refractivity contribution is 5.80. The number of aliphatic imine (C=N–C) groups is 1. The Hall–Kier alpha value is -2.11. The predicted molar refractivity (Wildman–Crippen MR) is 108 cm³/mol. The van der Waals surface area contributed by atoms with Crippen molar-refractivity contribution in [3.05, 3.63) is 17.7 Å². The molecule has 3 rings (SSSR count). The monoisotopic (exact) mass is 375 g/mol. The molecular formula is C21H33N3O3. The molecule has 1 N–H and O–H groups in total. The number of benzene rings is 1. The van der Waals surface area contributed by atoms with E-state index in [0.717, 1.165) is 43.3 Å². The molecule has 1 aromatic rings. The fraction of sp³-hybridized carbons (Fsp3) is 0.667. The van der Waals surface area contributed by atoms with E-state index >= 15 is 0 Å². The zero-order valence-corrected chi connectivity index (χ0v) is 17.1. The van der Waals surface area contributed by atoms with Crippen molar-refractivity contribution in [1.29, 1.82) is 0 Å². The fourth-order valence-corrected chi connectivity index (χ4v) is 4.27. The Morgan fingerprint density at radius 3 is 2.44 bits per heavy atom. The molecule has 1 heterocycles. The van der Waals surface area contributed by atoms with Crippen LogP contribution in [0.25, 0.3) is 0 Å². The Balaban J connectivity index is 1.69. The highest BCUT2D eigenvalue weighted by atomic mass is 16.5. The van der Waals surface area contributed by atoms with Crippen molar-refractivity contribution >= 4 is 5.96 Å². The van der Waals surface area contributed by atoms with Gasteiger partial charge >= 0.3 is 0 Å². The second kappa shape index (κ2) is 8.72. The number of hydrogen-bond donors (Lipinski definition) is 1. The fourth-order valence-electron chi connectivity index (χ4n) is 4.27. The van der Waals surface area contributed by atoms with Crippen molar-refractivity contribution in [2.24, 2.45) is 10.4 Å². The number of hydrogen-bond acceptors (Lipinski definition) is 4. The molecule has 1 spiro atoms. The summed E-state index contributed by atoms with van der Waals surface area (Å²) in [5.74, 6) is 3.09. The third-order valence-corrected chi connectivity index (χ3v) is 5.92. The van der Waals surface area contributed by atoms with Gasteiger partial charge in [0.25, 0.3) is 0 Å². The van der Waals surface area contributed by atoms with Gasteiger partial charge in [-0.3, -0.25) is 4.99 Å². The summed E-state index contributed by atoms with van der Waals surface area (Å²) < 4.78 is 16.4. The Morgan fingerprint density at radius 1 is 1.11 bits per heavy atom. The van der Waals surface area contributed by atoms with E-state index in [0.29, 0.717) is 23.5 Å². The van der Waals surface area contributed by atoms with E-state index in [4.69, 9.17) is 19.2 Å². The Kier molecular flexibility index (Phi) is 6.34. The SMILES string of the molecule is CCNC(=NCCc1ccc(OC)c(OC)c1OC)N1CCC2(CCC2)C1. The van der Waals surface area contributed by atoms with Crippen molar-refractivity contribution in [2.75, 3.05) is 47.5 Å². The van der Waals surface area contributed by atoms with Gasteiger partial charge in [0, 0.05) is 31.7 Å². The van der Waals surface area contributed by atoms with Crippen LogP contribution in [0, 0.1) is 5.41 Å². The third-order valence-electron chi connectivity index (χ3n) is 5.92. The summed E-state index contributed by atoms with van der Waals surface area (Å²) in [6.45, 7) is 5.99. The normalized spacial score (nSPS) is 18.4. The van der Waals surface area contributed by atoms with Crippen LogP contribution in [0.2, 0.25) is 0 Å². The number of methoxy groups -OCH3 is 3. The van der Waals surface area contributed by atoms with Crippen molar-refractivity contribution in [2.45, 2.75) is 39.0 Å². The number of nitrogens with zero attached hydrogens (tertiary/aromatic N) is 2. The Morgan fingerprint density at radius 2 is 1.89 bits per heavy atom. The van der Waals surface area contributed by atoms with E-state index in [1.807, 2.05) is 12.1 Å². The van der Waals surface area contributed by atoms with Crippen LogP contribution in [-0.2, 0) is 6.42 Å². The number of likely N-dealkylation sites (tertiary alicyclic amines) is 1. The van der Waals surface area contributed by atoms with Crippen LogP contribution in [0.5, 0.6) is 17.2 Å². The number of ether oxygens (including phenoxy) is 3. The van der Waals surface area contributed by atoms with Crippen molar-refractivity contribution in [3.8, 4) is 17.2 Å². The summed E-state index contributed by atoms with van der Waals surface area (Å²) in [5.41, 5.74) is 1.65. The minimum absolute atomic E-state index is 0.572. The quantitative estimate of drug-likeness (QED) is 0.586. The summed E-state index contributed by atoms with van der Waals surface area (Å²) in [5, 5.41) is 3.47. The summed E-state index contributed by atoms with van der Waals surface area (Å²) in [6.07, 6.45) is 6.25. The zero-order valence-electron chi connectivity index (χ0n) is 17.1. The van der Waals surface area contributed by atoms with Crippen LogP contribution in [0.4, 0.5) is 0 Å². The third kappa shape index (κ3) is 4.09. The number of nitrogens with one attached hydrogen (secondary N) is 1. The van der Waals surface area contributed by atoms with Gasteiger partial charge in [-0.25, -0.2) is 0 Å². The smallest absolute Gasteiger partial charge is 0.203 e. The van der Waals surface area contributed by atoms with Gasteiger partial charge < -0.3 is 24.4 Å². The molecule has 150 valence electrons. The van der Waals surface area contributed by atoms with Crippen LogP contribution in [0.1, 0.15) is 38.2 Å². The first-order valence-corrected chi connectivity index (χ1v) is 9.97. The molecule has 0 bridgehead atoms. The van der Waals surface area contributed by atoms with Gasteiger partial charge in [-0.15, -0.1) is 0 Å². The summed E-state index contributed by atoms with van der Waals surface area (Å²) in [7, 11) is 4.93. The van der Waals surface area contributed by atoms with Crippen LogP contribution < -0.4 is 19.5 Å². The van der Waals surface area contributed by atoms with Crippen LogP contribution in [-0.4, -0.2) is 58.4 Å². The molecule has 27 heavy (non-hydrogen) atoms. The zero-order chi connectivity index (χ0) is 19.3. The van der Waals surface area contributed by atoms with E-state index in [9.17, 15) is 0 Å². The molecule has 1 saturated carbocycles. The molecule has 1 aliphatic heterocycles. The maximum atomic E-state index is 5.58. The second-order valence-electron chi connectivity index (χ2n) is 7.50. The van der Waals surface area contributed by atoms with Gasteiger partial charge in [-0.2, -0.15) is 0 Å². The molecule has 2 fully saturated rings. The van der Waals surface area contributed by atoms with Crippen molar-refractivity contribution in [1.82, 2.24) is 10.2 Å². The molecule has 2 aliphatic rings. The molecule has 1 aliphatic carbocycles. The molecular weight excluding hydrogens is 342 g/mol. The van der Waals surface area contributed by atoms with E-state index < -0.39 is 0 Å². The van der Waals surface area contributed by atoms with E-state index in [2.05, 4.69) is 17.1 Å². The van der Waals surface area contributed by atoms with Crippen molar-refractivity contribution < 1.29 is 14.2 Å². The number of guanidine groups is 1. The average Bonchev–Trinajstić information content (AvgIpc) is 3.12. The average molecular weight is 376 g/mol. The molecule has 0 amide bonds. The lowest BCUT2D eigenvalue weighted by molar-refractivity contribution is 0.151. The summed E-state index contributed by atoms with van der Waals surface area (Å²) in [6, 6.07) is 3.95. The highest BCUT2D eigenvalue weighted by Crippen LogP contribution is 2.48. The van der Waals surface area contributed by atoms with Gasteiger partial charge in [0.1, 0.15) is 0 Å². The lowest BCUT2D eigenvalue weighted by Gasteiger charge is -2.38. The van der Waals surface area contributed by atoms with Gasteiger partial charge in [0.05, 0.1) is 21.3 Å². The van der Waals surface area contributed by atoms with E-state index in [1.54, 1.807) is 21.3 Å². The topological polar surface area (TPSA) is 55.3 Å². The van der Waals surface area contributed by atoms with Crippen LogP contribution >= 0.6 is 0 Å². The van der Waals surface area contributed by atoms with Crippen molar-refractivity contribution in [3.63, 3.8) is 0 Å². The van der Waals surface area contributed by atoms with Crippen LogP contribution in [0.3, 0.4) is 0 Å². The van der Waals surface area contributed by atoms with Gasteiger partial charge in [0.2, 0.25) is 5.75 Å². The van der Waals surface area contributed by atoms with Gasteiger partial charge in [-0.1, -0.05) is 12.5 Å². The second-order valence-corrected chi connectivity index (χ2v) is 7.50. The molecule has 0 aromatic heterocycles. The molecule has 1 saturated heterocycles. The first kappa shape index (κ1) is 19.6. The van der Waals surface area contributed by atoms with Gasteiger partial charge in [-0.05, 0) is 44.1 Å². The minimum Gasteiger partial charge on any atom is -0.493 e. The standard InChI is InChI=1S/C21H33N3O3/c1-5-22-20(24-14-12-21(15-24)10-6-11-21)23-13-9-16-7-8-17(25-2)19(27-4)18(16)26-3/h7-8H,5-6,9-15H2,1-4H3,(H,22,23). The van der Waals surface area contributed by atoms with Crippen LogP contribution in [0.15, 0.2) is 17.1 Å². The van der Waals surface area contributed by atoms with E-state index in [-0.39, 0.29) is 0 Å². The highest BCUT2D eigenvalue weighted by Gasteiger charge is 2.43. The maximum absolute atomic E-state index is 5.58. The molecule has 0 unspecified atom stereocenters. The lowest BCUT2D eigenvalue weighted by Crippen LogP contribution is -2.42. The largest absolute Gasteiger partial charge is 0.493 e. The maximum Gasteiger partial charge on any atom is 0.203 e. The Labute approximate surface area is 162 Å². The number of rotatable bonds is 7. The molecule has 1 aromatic carbocycles. The first-order chi connectivity index (χ1) is 13.2. The molecule has 0 atom stereocenters. The molecule has 0 radical (unpaired) electrons. The summed E-state index contributed by atoms with van der Waals surface area (Å²) in [4.78, 5) is 7.33. The predicted octanol–water partition coefficient (Wildman–Crippen LogP) is 3.10. The lowest BCUT2D eigenvalue weighted by atomic mass is 9.68. The Bertz CT molecular complexity index is 671. The molecule has 6 heteroatoms. The first-order valence-electron chi connectivity index (χ1n) is 9.97. The molecule has 6 nitrogen and oxygen atoms in total. The van der Waals surface area contributed by atoms with Gasteiger partial charge in [0.15, 0.2) is 17.5 Å². The minimum atomic E-state index is 0.572.